The first-order valence-corrected chi connectivity index (χ1v) is 4.44. The molecule has 0 unspecified atom stereocenters. The van der Waals surface area contributed by atoms with Crippen molar-refractivity contribution in [2.45, 2.75) is 0 Å². The van der Waals surface area contributed by atoms with Crippen LogP contribution in [0.3, 0.4) is 0 Å². The Morgan fingerprint density at radius 2 is 1.91 bits per heavy atom. The lowest BCUT2D eigenvalue weighted by atomic mass is 10.2. The van der Waals surface area contributed by atoms with E-state index in [1.165, 1.54) is 3.57 Å². The number of hydrogen-bond donors (Lipinski definition) is 1. The Kier molecular flexibility index (Phi) is 3.59. The molecule has 1 aromatic carbocycles. The van der Waals surface area contributed by atoms with Gasteiger partial charge in [-0.1, -0.05) is 24.3 Å². The van der Waals surface area contributed by atoms with Crippen LogP contribution in [0.15, 0.2) is 30.3 Å². The summed E-state index contributed by atoms with van der Waals surface area (Å²) < 4.78 is 1.23. The molecule has 0 aliphatic rings. The van der Waals surface area contributed by atoms with Crippen LogP contribution in [0.5, 0.6) is 0 Å². The van der Waals surface area contributed by atoms with Crippen molar-refractivity contribution in [3.05, 3.63) is 39.5 Å². The molecule has 0 heterocycles. The summed E-state index contributed by atoms with van der Waals surface area (Å²) in [6.45, 7) is 0.103. The van der Waals surface area contributed by atoms with Gasteiger partial charge in [-0.3, -0.25) is 0 Å². The molecule has 0 saturated heterocycles. The third kappa shape index (κ3) is 3.03. The maximum atomic E-state index is 8.49. The minimum absolute atomic E-state index is 0.103. The van der Waals surface area contributed by atoms with Crippen LogP contribution in [0.4, 0.5) is 0 Å². The molecule has 0 bridgehead atoms. The third-order valence-electron chi connectivity index (χ3n) is 1.29. The monoisotopic (exact) mass is 260 g/mol. The van der Waals surface area contributed by atoms with Gasteiger partial charge in [-0.05, 0) is 40.3 Å². The molecule has 0 aromatic heterocycles. The summed E-state index contributed by atoms with van der Waals surface area (Å²) in [7, 11) is 0. The number of hydrogen-bond acceptors (Lipinski definition) is 1. The quantitative estimate of drug-likeness (QED) is 0.809. The van der Waals surface area contributed by atoms with Crippen LogP contribution in [0.2, 0.25) is 0 Å². The van der Waals surface area contributed by atoms with Crippen LogP contribution in [0.1, 0.15) is 5.56 Å². The fraction of sp³-hybridized carbons (Fsp3) is 0.111. The number of rotatable bonds is 2. The van der Waals surface area contributed by atoms with E-state index in [2.05, 4.69) is 22.6 Å². The van der Waals surface area contributed by atoms with Crippen molar-refractivity contribution in [1.29, 1.82) is 0 Å². The summed E-state index contributed by atoms with van der Waals surface area (Å²) >= 11 is 2.26. The van der Waals surface area contributed by atoms with Crippen LogP contribution in [0, 0.1) is 3.57 Å². The molecule has 1 aromatic rings. The van der Waals surface area contributed by atoms with Gasteiger partial charge in [-0.15, -0.1) is 0 Å². The van der Waals surface area contributed by atoms with Gasteiger partial charge in [-0.25, -0.2) is 0 Å². The van der Waals surface area contributed by atoms with E-state index >= 15 is 0 Å². The standard InChI is InChI=1S/C9H9IO/c10-9-5-3-8(4-6-9)2-1-7-11/h1-6,11H,7H2. The molecule has 11 heavy (non-hydrogen) atoms. The molecule has 0 saturated carbocycles. The molecular weight excluding hydrogens is 251 g/mol. The van der Waals surface area contributed by atoms with Gasteiger partial charge >= 0.3 is 0 Å². The molecule has 1 rings (SSSR count). The summed E-state index contributed by atoms with van der Waals surface area (Å²) in [5, 5.41) is 8.49. The van der Waals surface area contributed by atoms with Crippen LogP contribution in [-0.2, 0) is 0 Å². The van der Waals surface area contributed by atoms with Crippen molar-refractivity contribution in [1.82, 2.24) is 0 Å². The van der Waals surface area contributed by atoms with E-state index in [0.29, 0.717) is 0 Å². The first-order chi connectivity index (χ1) is 5.33. The zero-order valence-electron chi connectivity index (χ0n) is 6.00. The van der Waals surface area contributed by atoms with Crippen molar-refractivity contribution in [3.8, 4) is 0 Å². The van der Waals surface area contributed by atoms with E-state index in [1.807, 2.05) is 30.3 Å². The second-order valence-corrected chi connectivity index (χ2v) is 3.38. The van der Waals surface area contributed by atoms with Crippen molar-refractivity contribution in [2.75, 3.05) is 6.61 Å². The first kappa shape index (κ1) is 8.74. The van der Waals surface area contributed by atoms with Gasteiger partial charge in [0.25, 0.3) is 0 Å². The highest BCUT2D eigenvalue weighted by Gasteiger charge is 1.85. The van der Waals surface area contributed by atoms with Crippen molar-refractivity contribution in [2.24, 2.45) is 0 Å². The second-order valence-electron chi connectivity index (χ2n) is 2.14. The third-order valence-corrected chi connectivity index (χ3v) is 2.00. The number of halogens is 1. The molecule has 0 aliphatic heterocycles. The summed E-state index contributed by atoms with van der Waals surface area (Å²) in [5.41, 5.74) is 1.12. The Balaban J connectivity index is 2.73. The largest absolute Gasteiger partial charge is 0.392 e. The van der Waals surface area contributed by atoms with E-state index < -0.39 is 0 Å². The van der Waals surface area contributed by atoms with E-state index in [9.17, 15) is 0 Å². The lowest BCUT2D eigenvalue weighted by Gasteiger charge is -1.91. The number of aliphatic hydroxyl groups is 1. The highest BCUT2D eigenvalue weighted by atomic mass is 127. The van der Waals surface area contributed by atoms with Gasteiger partial charge in [-0.2, -0.15) is 0 Å². The average Bonchev–Trinajstić information content (AvgIpc) is 2.04. The maximum Gasteiger partial charge on any atom is 0.0615 e. The molecule has 1 nitrogen and oxygen atoms in total. The molecule has 0 radical (unpaired) electrons. The summed E-state index contributed by atoms with van der Waals surface area (Å²) in [6, 6.07) is 8.12. The van der Waals surface area contributed by atoms with E-state index in [4.69, 9.17) is 5.11 Å². The Morgan fingerprint density at radius 3 is 2.45 bits per heavy atom. The molecular formula is C9H9IO. The highest BCUT2D eigenvalue weighted by Crippen LogP contribution is 2.07. The maximum absolute atomic E-state index is 8.49. The molecule has 1 N–H and O–H groups in total. The second kappa shape index (κ2) is 4.51. The molecule has 0 atom stereocenters. The normalized spacial score (nSPS) is 10.7. The molecule has 0 amide bonds. The molecule has 0 spiro atoms. The highest BCUT2D eigenvalue weighted by molar-refractivity contribution is 14.1. The van der Waals surface area contributed by atoms with Gasteiger partial charge < -0.3 is 5.11 Å². The van der Waals surface area contributed by atoms with E-state index in [0.717, 1.165) is 5.56 Å². The van der Waals surface area contributed by atoms with E-state index in [-0.39, 0.29) is 6.61 Å². The zero-order valence-corrected chi connectivity index (χ0v) is 8.15. The Hall–Kier alpha value is -0.350. The molecule has 0 fully saturated rings. The summed E-state index contributed by atoms with van der Waals surface area (Å²) in [6.07, 6.45) is 3.62. The van der Waals surface area contributed by atoms with E-state index in [1.54, 1.807) is 6.08 Å². The Labute approximate surface area is 79.9 Å². The minimum Gasteiger partial charge on any atom is -0.392 e. The average molecular weight is 260 g/mol. The molecule has 58 valence electrons. The van der Waals surface area contributed by atoms with Crippen molar-refractivity contribution >= 4 is 28.7 Å². The summed E-state index contributed by atoms with van der Waals surface area (Å²) in [4.78, 5) is 0. The fourth-order valence-electron chi connectivity index (χ4n) is 0.763. The van der Waals surface area contributed by atoms with Crippen LogP contribution in [0.25, 0.3) is 6.08 Å². The predicted octanol–water partition coefficient (Wildman–Crippen LogP) is 2.30. The number of benzene rings is 1. The van der Waals surface area contributed by atoms with Gasteiger partial charge in [0.1, 0.15) is 0 Å². The lowest BCUT2D eigenvalue weighted by Crippen LogP contribution is -1.74. The van der Waals surface area contributed by atoms with Gasteiger partial charge in [0, 0.05) is 3.57 Å². The Bertz CT molecular complexity index is 238. The topological polar surface area (TPSA) is 20.2 Å². The van der Waals surface area contributed by atoms with Gasteiger partial charge in [0.05, 0.1) is 6.61 Å². The van der Waals surface area contributed by atoms with Crippen LogP contribution >= 0.6 is 22.6 Å². The smallest absolute Gasteiger partial charge is 0.0615 e. The molecule has 0 aliphatic carbocycles. The zero-order chi connectivity index (χ0) is 8.10. The first-order valence-electron chi connectivity index (χ1n) is 3.36. The summed E-state index contributed by atoms with van der Waals surface area (Å²) in [5.74, 6) is 0. The van der Waals surface area contributed by atoms with Gasteiger partial charge in [0.15, 0.2) is 0 Å². The SMILES string of the molecule is OCC=Cc1ccc(I)cc1. The minimum atomic E-state index is 0.103. The fourth-order valence-corrected chi connectivity index (χ4v) is 1.12. The van der Waals surface area contributed by atoms with Crippen LogP contribution < -0.4 is 0 Å². The van der Waals surface area contributed by atoms with Crippen molar-refractivity contribution in [3.63, 3.8) is 0 Å². The van der Waals surface area contributed by atoms with Crippen LogP contribution in [-0.4, -0.2) is 11.7 Å². The van der Waals surface area contributed by atoms with Crippen molar-refractivity contribution < 1.29 is 5.11 Å². The predicted molar refractivity (Wildman–Crippen MR) is 55.3 cm³/mol. The van der Waals surface area contributed by atoms with Gasteiger partial charge in [0.2, 0.25) is 0 Å². The number of aliphatic hydroxyl groups excluding tert-OH is 1. The molecule has 2 heteroatoms. The lowest BCUT2D eigenvalue weighted by molar-refractivity contribution is 0.343. The Morgan fingerprint density at radius 1 is 1.27 bits per heavy atom.